The highest BCUT2D eigenvalue weighted by molar-refractivity contribution is 7.19. The monoisotopic (exact) mass is 714 g/mol. The number of benzene rings is 1. The maximum Gasteiger partial charge on any atom is 0.490 e. The van der Waals surface area contributed by atoms with Crippen molar-refractivity contribution in [1.82, 2.24) is 25.3 Å². The summed E-state index contributed by atoms with van der Waals surface area (Å²) in [7, 11) is 0. The molecule has 0 bridgehead atoms. The molecule has 1 aliphatic carbocycles. The summed E-state index contributed by atoms with van der Waals surface area (Å²) in [5.74, 6) is -2.34. The Labute approximate surface area is 291 Å². The number of thiazole rings is 1. The van der Waals surface area contributed by atoms with Crippen molar-refractivity contribution in [2.24, 2.45) is 11.3 Å². The fourth-order valence-electron chi connectivity index (χ4n) is 6.27. The molecule has 1 aliphatic heterocycles. The van der Waals surface area contributed by atoms with Gasteiger partial charge in [0.2, 0.25) is 6.20 Å². The summed E-state index contributed by atoms with van der Waals surface area (Å²) < 4.78 is 31.7. The number of piperidine rings is 1. The van der Waals surface area contributed by atoms with Crippen LogP contribution in [-0.4, -0.2) is 74.0 Å². The molecule has 0 saturated carbocycles. The van der Waals surface area contributed by atoms with Crippen molar-refractivity contribution in [3.05, 3.63) is 75.8 Å². The second kappa shape index (κ2) is 15.4. The molecule has 1 fully saturated rings. The minimum Gasteiger partial charge on any atom is -0.594 e. The SMILES string of the molecule is CC(C)(C)[C@H]1CCc2nc3sc(C(=O)N[C@H](CCN4CCC(O)CC4)c4ccc(-c5cc[n+]([O-])nc5)cc4)nc3cc2C1.O=C(O)C(F)(F)F. The first kappa shape index (κ1) is 37.1. The lowest BCUT2D eigenvalue weighted by molar-refractivity contribution is -0.669. The number of aliphatic hydroxyl groups is 1. The molecule has 1 aromatic carbocycles. The standard InChI is InChI=1S/C33H40N6O3S.C2HF3O2/c1-33(2,3)25-8-9-27-24(18-25)19-29-31(36-27)43-32(37-29)30(41)35-28(13-16-38-14-11-26(40)12-15-38)22-6-4-21(5-7-22)23-10-17-39(42)34-20-23;3-2(4,5)1(6)7/h4-7,10,17,19-20,25-26,28,40H,8-9,11-16,18H2,1-3H3,(H,35,41);(H,6,7)/t25-,28+;/m0./s1. The molecule has 268 valence electrons. The van der Waals surface area contributed by atoms with E-state index in [1.807, 2.05) is 24.3 Å². The molecule has 3 aromatic heterocycles. The Bertz CT molecular complexity index is 1790. The van der Waals surface area contributed by atoms with E-state index < -0.39 is 12.1 Å². The lowest BCUT2D eigenvalue weighted by Crippen LogP contribution is -2.38. The number of nitrogens with one attached hydrogen (secondary N) is 1. The number of nitrogens with zero attached hydrogens (tertiary/aromatic N) is 5. The number of aryl methyl sites for hydroxylation is 1. The predicted octanol–water partition coefficient (Wildman–Crippen LogP) is 5.49. The molecule has 1 amide bonds. The topological polar surface area (TPSA) is 155 Å². The largest absolute Gasteiger partial charge is 0.594 e. The zero-order valence-corrected chi connectivity index (χ0v) is 28.9. The first-order valence-electron chi connectivity index (χ1n) is 16.5. The molecule has 1 saturated heterocycles. The summed E-state index contributed by atoms with van der Waals surface area (Å²) in [5, 5.41) is 35.9. The lowest BCUT2D eigenvalue weighted by Gasteiger charge is -2.34. The van der Waals surface area contributed by atoms with Crippen LogP contribution >= 0.6 is 11.3 Å². The number of pyridine rings is 1. The smallest absolute Gasteiger partial charge is 0.490 e. The number of carboxylic acid groups (broad SMARTS) is 1. The van der Waals surface area contributed by atoms with Gasteiger partial charge in [-0.3, -0.25) is 4.79 Å². The quantitative estimate of drug-likeness (QED) is 0.167. The summed E-state index contributed by atoms with van der Waals surface area (Å²) in [6.07, 6.45) is 3.02. The molecule has 50 heavy (non-hydrogen) atoms. The average molecular weight is 715 g/mol. The number of aromatic nitrogens is 4. The van der Waals surface area contributed by atoms with Gasteiger partial charge >= 0.3 is 12.1 Å². The molecule has 3 N–H and O–H groups in total. The van der Waals surface area contributed by atoms with Gasteiger partial charge < -0.3 is 25.6 Å². The van der Waals surface area contributed by atoms with E-state index in [1.165, 1.54) is 23.1 Å². The van der Waals surface area contributed by atoms with Crippen molar-refractivity contribution >= 4 is 33.6 Å². The number of amides is 1. The van der Waals surface area contributed by atoms with E-state index in [1.54, 1.807) is 12.3 Å². The molecule has 2 atom stereocenters. The molecule has 6 rings (SSSR count). The van der Waals surface area contributed by atoms with Gasteiger partial charge in [0.05, 0.1) is 12.1 Å². The second-order valence-corrected chi connectivity index (χ2v) is 14.9. The highest BCUT2D eigenvalue weighted by Gasteiger charge is 2.38. The number of aliphatic carboxylic acids is 1. The molecule has 0 unspecified atom stereocenters. The minimum absolute atomic E-state index is 0.191. The maximum absolute atomic E-state index is 13.6. The van der Waals surface area contributed by atoms with Gasteiger partial charge in [-0.25, -0.2) is 14.8 Å². The van der Waals surface area contributed by atoms with E-state index in [0.29, 0.717) is 15.8 Å². The van der Waals surface area contributed by atoms with Crippen molar-refractivity contribution in [2.75, 3.05) is 19.6 Å². The third kappa shape index (κ3) is 9.52. The molecule has 0 spiro atoms. The van der Waals surface area contributed by atoms with Gasteiger partial charge in [-0.2, -0.15) is 13.2 Å². The third-order valence-electron chi connectivity index (χ3n) is 9.35. The van der Waals surface area contributed by atoms with Crippen LogP contribution in [0.25, 0.3) is 21.5 Å². The van der Waals surface area contributed by atoms with Gasteiger partial charge in [0.1, 0.15) is 16.5 Å². The van der Waals surface area contributed by atoms with E-state index in [2.05, 4.69) is 42.2 Å². The van der Waals surface area contributed by atoms with Crippen LogP contribution in [0.2, 0.25) is 0 Å². The highest BCUT2D eigenvalue weighted by atomic mass is 32.1. The van der Waals surface area contributed by atoms with Gasteiger partial charge in [-0.1, -0.05) is 61.2 Å². The van der Waals surface area contributed by atoms with E-state index in [4.69, 9.17) is 19.9 Å². The van der Waals surface area contributed by atoms with Crippen molar-refractivity contribution in [3.8, 4) is 11.1 Å². The van der Waals surface area contributed by atoms with Crippen LogP contribution in [0, 0.1) is 16.5 Å². The predicted molar refractivity (Wildman–Crippen MR) is 181 cm³/mol. The lowest BCUT2D eigenvalue weighted by atomic mass is 9.71. The summed E-state index contributed by atoms with van der Waals surface area (Å²) in [5.41, 5.74) is 6.25. The van der Waals surface area contributed by atoms with Crippen LogP contribution < -0.4 is 10.2 Å². The zero-order chi connectivity index (χ0) is 36.2. The third-order valence-corrected chi connectivity index (χ3v) is 10.3. The number of alkyl halides is 3. The van der Waals surface area contributed by atoms with E-state index in [-0.39, 0.29) is 23.5 Å². The number of carbonyl (C=O) groups is 2. The molecule has 2 aliphatic rings. The normalized spacial score (nSPS) is 17.8. The Hall–Kier alpha value is -4.21. The maximum atomic E-state index is 13.6. The Morgan fingerprint density at radius 3 is 2.36 bits per heavy atom. The number of hydrogen-bond donors (Lipinski definition) is 3. The van der Waals surface area contributed by atoms with E-state index in [9.17, 15) is 28.3 Å². The van der Waals surface area contributed by atoms with E-state index >= 15 is 0 Å². The number of fused-ring (bicyclic) bond motifs is 2. The van der Waals surface area contributed by atoms with Crippen LogP contribution in [0.4, 0.5) is 13.2 Å². The van der Waals surface area contributed by atoms with Gasteiger partial charge in [-0.15, -0.1) is 0 Å². The first-order valence-corrected chi connectivity index (χ1v) is 17.3. The van der Waals surface area contributed by atoms with Gasteiger partial charge in [-0.05, 0) is 72.6 Å². The van der Waals surface area contributed by atoms with Crippen LogP contribution in [0.1, 0.15) is 79.1 Å². The van der Waals surface area contributed by atoms with Crippen LogP contribution in [0.3, 0.4) is 0 Å². The average Bonchev–Trinajstić information content (AvgIpc) is 3.49. The molecule has 15 heteroatoms. The van der Waals surface area contributed by atoms with Crippen molar-refractivity contribution in [3.63, 3.8) is 0 Å². The molecular formula is C35H41F3N6O5S. The molecule has 0 radical (unpaired) electrons. The van der Waals surface area contributed by atoms with Crippen LogP contribution in [-0.2, 0) is 17.6 Å². The van der Waals surface area contributed by atoms with Crippen molar-refractivity contribution < 1.29 is 37.8 Å². The Morgan fingerprint density at radius 1 is 1.08 bits per heavy atom. The Morgan fingerprint density at radius 2 is 1.76 bits per heavy atom. The van der Waals surface area contributed by atoms with Crippen LogP contribution in [0.15, 0.2) is 48.8 Å². The van der Waals surface area contributed by atoms with Gasteiger partial charge in [0, 0.05) is 42.1 Å². The fourth-order valence-corrected chi connectivity index (χ4v) is 7.11. The second-order valence-electron chi connectivity index (χ2n) is 13.9. The summed E-state index contributed by atoms with van der Waals surface area (Å²) >= 11 is 1.36. The number of likely N-dealkylation sites (tertiary alicyclic amines) is 1. The molecule has 4 aromatic rings. The van der Waals surface area contributed by atoms with Gasteiger partial charge in [0.25, 0.3) is 5.91 Å². The summed E-state index contributed by atoms with van der Waals surface area (Å²) in [4.78, 5) is 35.9. The zero-order valence-electron chi connectivity index (χ0n) is 28.1. The van der Waals surface area contributed by atoms with E-state index in [0.717, 1.165) is 90.9 Å². The summed E-state index contributed by atoms with van der Waals surface area (Å²) in [6, 6.07) is 11.7. The van der Waals surface area contributed by atoms with Crippen molar-refractivity contribution in [1.29, 1.82) is 0 Å². The van der Waals surface area contributed by atoms with Gasteiger partial charge in [0.15, 0.2) is 5.01 Å². The fraction of sp³-hybridized carbons (Fsp3) is 0.486. The Kier molecular flexibility index (Phi) is 11.4. The number of rotatable bonds is 7. The minimum atomic E-state index is -5.08. The number of halogens is 3. The summed E-state index contributed by atoms with van der Waals surface area (Å²) in [6.45, 7) is 9.44. The number of carboxylic acids is 1. The van der Waals surface area contributed by atoms with Crippen LogP contribution in [0.5, 0.6) is 0 Å². The molecule has 4 heterocycles. The highest BCUT2D eigenvalue weighted by Crippen LogP contribution is 2.38. The number of hydrogen-bond acceptors (Lipinski definition) is 9. The molecule has 11 nitrogen and oxygen atoms in total. The molecular weight excluding hydrogens is 673 g/mol. The first-order chi connectivity index (χ1) is 23.6. The Balaban J connectivity index is 0.000000630. The van der Waals surface area contributed by atoms with Crippen molar-refractivity contribution in [2.45, 2.75) is 77.6 Å². The number of carbonyl (C=O) groups excluding carboxylic acids is 1. The number of aliphatic hydroxyl groups excluding tert-OH is 1.